The van der Waals surface area contributed by atoms with Crippen LogP contribution in [0.1, 0.15) is 38.4 Å². The second-order valence-corrected chi connectivity index (χ2v) is 5.89. The number of pyridine rings is 1. The number of rotatable bonds is 7. The minimum absolute atomic E-state index is 0.154. The van der Waals surface area contributed by atoms with Gasteiger partial charge in [-0.15, -0.1) is 0 Å². The van der Waals surface area contributed by atoms with Crippen LogP contribution in [0.25, 0.3) is 0 Å². The highest BCUT2D eigenvalue weighted by atomic mass is 19.1. The van der Waals surface area contributed by atoms with Gasteiger partial charge in [0.2, 0.25) is 0 Å². The van der Waals surface area contributed by atoms with E-state index in [0.29, 0.717) is 5.92 Å². The number of halogens is 1. The van der Waals surface area contributed by atoms with E-state index in [-0.39, 0.29) is 18.0 Å². The van der Waals surface area contributed by atoms with Crippen LogP contribution in [0.3, 0.4) is 0 Å². The molecule has 2 N–H and O–H groups in total. The molecule has 118 valence electrons. The molecule has 2 heterocycles. The lowest BCUT2D eigenvalue weighted by Gasteiger charge is -2.22. The monoisotopic (exact) mass is 295 g/mol. The quantitative estimate of drug-likeness (QED) is 0.807. The Morgan fingerprint density at radius 3 is 2.90 bits per heavy atom. The molecule has 1 aliphatic heterocycles. The maximum Gasteiger partial charge on any atom is 0.141 e. The second kappa shape index (κ2) is 7.82. The van der Waals surface area contributed by atoms with E-state index in [1.54, 1.807) is 6.07 Å². The summed E-state index contributed by atoms with van der Waals surface area (Å²) in [4.78, 5) is 6.58. The lowest BCUT2D eigenvalue weighted by atomic mass is 10.0. The van der Waals surface area contributed by atoms with Crippen molar-refractivity contribution in [2.45, 2.75) is 38.8 Å². The first-order chi connectivity index (χ1) is 10.1. The molecule has 1 aromatic heterocycles. The summed E-state index contributed by atoms with van der Waals surface area (Å²) in [6.07, 6.45) is 3.06. The fraction of sp³-hybridized carbons (Fsp3) is 0.688. The van der Waals surface area contributed by atoms with E-state index in [2.05, 4.69) is 22.1 Å². The van der Waals surface area contributed by atoms with Gasteiger partial charge >= 0.3 is 0 Å². The van der Waals surface area contributed by atoms with Gasteiger partial charge in [-0.05, 0) is 50.9 Å². The summed E-state index contributed by atoms with van der Waals surface area (Å²) in [5, 5.41) is 13.1. The topological polar surface area (TPSA) is 48.4 Å². The van der Waals surface area contributed by atoms with Crippen molar-refractivity contribution in [1.29, 1.82) is 0 Å². The van der Waals surface area contributed by atoms with Crippen molar-refractivity contribution in [3.63, 3.8) is 0 Å². The fourth-order valence-corrected chi connectivity index (χ4v) is 2.97. The Bertz CT molecular complexity index is 424. The van der Waals surface area contributed by atoms with Crippen molar-refractivity contribution in [3.8, 4) is 0 Å². The van der Waals surface area contributed by atoms with Crippen molar-refractivity contribution in [3.05, 3.63) is 29.8 Å². The highest BCUT2D eigenvalue weighted by Gasteiger charge is 2.26. The van der Waals surface area contributed by atoms with Crippen LogP contribution in [-0.4, -0.2) is 47.3 Å². The molecule has 1 aromatic rings. The molecule has 1 aliphatic rings. The third kappa shape index (κ3) is 4.73. The molecule has 0 saturated carbocycles. The number of aromatic nitrogens is 1. The van der Waals surface area contributed by atoms with Crippen molar-refractivity contribution in [2.75, 3.05) is 26.2 Å². The molecule has 0 aromatic carbocycles. The Morgan fingerprint density at radius 1 is 1.52 bits per heavy atom. The minimum Gasteiger partial charge on any atom is -0.393 e. The SMILES string of the molecule is CCNC(CCN1CCC(C(C)O)C1)c1ccc(F)cn1. The van der Waals surface area contributed by atoms with Crippen LogP contribution >= 0.6 is 0 Å². The molecule has 0 spiro atoms. The summed E-state index contributed by atoms with van der Waals surface area (Å²) in [6.45, 7) is 7.78. The summed E-state index contributed by atoms with van der Waals surface area (Å²) >= 11 is 0. The molecule has 21 heavy (non-hydrogen) atoms. The summed E-state index contributed by atoms with van der Waals surface area (Å²) < 4.78 is 13.0. The molecule has 4 nitrogen and oxygen atoms in total. The maximum atomic E-state index is 13.0. The van der Waals surface area contributed by atoms with Gasteiger partial charge < -0.3 is 15.3 Å². The lowest BCUT2D eigenvalue weighted by molar-refractivity contribution is 0.127. The highest BCUT2D eigenvalue weighted by molar-refractivity contribution is 5.10. The predicted octanol–water partition coefficient (Wildman–Crippen LogP) is 1.96. The number of nitrogens with one attached hydrogen (secondary N) is 1. The zero-order valence-electron chi connectivity index (χ0n) is 12.9. The summed E-state index contributed by atoms with van der Waals surface area (Å²) in [7, 11) is 0. The molecule has 0 aliphatic carbocycles. The van der Waals surface area contributed by atoms with Crippen molar-refractivity contribution in [1.82, 2.24) is 15.2 Å². The average molecular weight is 295 g/mol. The Balaban J connectivity index is 1.87. The molecular formula is C16H26FN3O. The zero-order chi connectivity index (χ0) is 15.2. The predicted molar refractivity (Wildman–Crippen MR) is 81.5 cm³/mol. The van der Waals surface area contributed by atoms with E-state index in [1.807, 2.05) is 6.92 Å². The number of hydrogen-bond acceptors (Lipinski definition) is 4. The van der Waals surface area contributed by atoms with E-state index in [0.717, 1.165) is 44.7 Å². The molecule has 0 bridgehead atoms. The van der Waals surface area contributed by atoms with Gasteiger partial charge in [0, 0.05) is 13.1 Å². The standard InChI is InChI=1S/C16H26FN3O/c1-3-18-16(15-5-4-14(17)10-19-15)7-9-20-8-6-13(11-20)12(2)21/h4-5,10,12-13,16,18,21H,3,6-9,11H2,1-2H3. The first kappa shape index (κ1) is 16.3. The molecule has 0 amide bonds. The number of aliphatic hydroxyl groups excluding tert-OH is 1. The van der Waals surface area contributed by atoms with Crippen molar-refractivity contribution >= 4 is 0 Å². The molecule has 5 heteroatoms. The first-order valence-corrected chi connectivity index (χ1v) is 7.85. The maximum absolute atomic E-state index is 13.0. The fourth-order valence-electron chi connectivity index (χ4n) is 2.97. The van der Waals surface area contributed by atoms with Crippen molar-refractivity contribution in [2.24, 2.45) is 5.92 Å². The van der Waals surface area contributed by atoms with Gasteiger partial charge in [-0.3, -0.25) is 4.98 Å². The Hall–Kier alpha value is -1.04. The molecule has 1 fully saturated rings. The van der Waals surface area contributed by atoms with E-state index >= 15 is 0 Å². The van der Waals surface area contributed by atoms with E-state index < -0.39 is 0 Å². The third-order valence-electron chi connectivity index (χ3n) is 4.28. The van der Waals surface area contributed by atoms with Crippen LogP contribution in [-0.2, 0) is 0 Å². The van der Waals surface area contributed by atoms with Gasteiger partial charge in [0.15, 0.2) is 0 Å². The van der Waals surface area contributed by atoms with Gasteiger partial charge in [0.05, 0.1) is 24.0 Å². The highest BCUT2D eigenvalue weighted by Crippen LogP contribution is 2.22. The Labute approximate surface area is 126 Å². The number of likely N-dealkylation sites (tertiary alicyclic amines) is 1. The van der Waals surface area contributed by atoms with E-state index in [9.17, 15) is 9.50 Å². The van der Waals surface area contributed by atoms with Crippen LogP contribution in [0.15, 0.2) is 18.3 Å². The van der Waals surface area contributed by atoms with Crippen molar-refractivity contribution < 1.29 is 9.50 Å². The van der Waals surface area contributed by atoms with Crippen LogP contribution in [0, 0.1) is 11.7 Å². The molecule has 3 atom stereocenters. The lowest BCUT2D eigenvalue weighted by Crippen LogP contribution is -2.30. The number of aliphatic hydroxyl groups is 1. The largest absolute Gasteiger partial charge is 0.393 e. The normalized spacial score (nSPS) is 22.4. The number of hydrogen-bond donors (Lipinski definition) is 2. The molecule has 0 radical (unpaired) electrons. The summed E-state index contributed by atoms with van der Waals surface area (Å²) in [5.74, 6) is 0.0971. The van der Waals surface area contributed by atoms with Crippen LogP contribution in [0.5, 0.6) is 0 Å². The minimum atomic E-state index is -0.298. The van der Waals surface area contributed by atoms with Crippen LogP contribution in [0.4, 0.5) is 4.39 Å². The first-order valence-electron chi connectivity index (χ1n) is 7.85. The smallest absolute Gasteiger partial charge is 0.141 e. The van der Waals surface area contributed by atoms with Gasteiger partial charge in [-0.1, -0.05) is 6.92 Å². The molecule has 3 unspecified atom stereocenters. The molecule has 2 rings (SSSR count). The van der Waals surface area contributed by atoms with E-state index in [4.69, 9.17) is 0 Å². The zero-order valence-corrected chi connectivity index (χ0v) is 12.9. The summed E-state index contributed by atoms with van der Waals surface area (Å²) in [6, 6.07) is 3.37. The van der Waals surface area contributed by atoms with Crippen LogP contribution < -0.4 is 5.32 Å². The Kier molecular flexibility index (Phi) is 6.08. The van der Waals surface area contributed by atoms with Crippen LogP contribution in [0.2, 0.25) is 0 Å². The van der Waals surface area contributed by atoms with E-state index in [1.165, 1.54) is 12.3 Å². The summed E-state index contributed by atoms with van der Waals surface area (Å²) in [5.41, 5.74) is 0.893. The second-order valence-electron chi connectivity index (χ2n) is 5.89. The molecular weight excluding hydrogens is 269 g/mol. The third-order valence-corrected chi connectivity index (χ3v) is 4.28. The van der Waals surface area contributed by atoms with Gasteiger partial charge in [0.1, 0.15) is 5.82 Å². The van der Waals surface area contributed by atoms with Gasteiger partial charge in [0.25, 0.3) is 0 Å². The van der Waals surface area contributed by atoms with Gasteiger partial charge in [-0.2, -0.15) is 0 Å². The Morgan fingerprint density at radius 2 is 2.33 bits per heavy atom. The average Bonchev–Trinajstić information content (AvgIpc) is 2.93. The van der Waals surface area contributed by atoms with Gasteiger partial charge in [-0.25, -0.2) is 4.39 Å². The molecule has 1 saturated heterocycles. The number of nitrogens with zero attached hydrogens (tertiary/aromatic N) is 2.